The maximum absolute atomic E-state index is 12.1. The number of pyridine rings is 1. The summed E-state index contributed by atoms with van der Waals surface area (Å²) in [6.45, 7) is 0.832. The van der Waals surface area contributed by atoms with Crippen LogP contribution in [0.5, 0.6) is 0 Å². The number of thiophene rings is 1. The summed E-state index contributed by atoms with van der Waals surface area (Å²) < 4.78 is 0.819. The molecule has 0 saturated carbocycles. The first kappa shape index (κ1) is 13.7. The number of aliphatic hydroxyl groups is 2. The molecule has 0 aromatic carbocycles. The summed E-state index contributed by atoms with van der Waals surface area (Å²) in [4.78, 5) is 16.5. The standard InChI is InChI=1S/C12H15N3O3S/c1-12(5-16,6-17)15-11(18)10-9(13)7-2-3-14-4-8(7)19-10/h2-4,16-17H,5-6,13H2,1H3,(H,15,18). The van der Waals surface area contributed by atoms with Crippen LogP contribution in [-0.4, -0.2) is 39.9 Å². The lowest BCUT2D eigenvalue weighted by molar-refractivity contribution is 0.0728. The average molecular weight is 281 g/mol. The van der Waals surface area contributed by atoms with Crippen LogP contribution in [0.4, 0.5) is 5.69 Å². The van der Waals surface area contributed by atoms with Gasteiger partial charge in [0.15, 0.2) is 0 Å². The first-order chi connectivity index (χ1) is 9.00. The minimum absolute atomic E-state index is 0.358. The Morgan fingerprint density at radius 2 is 2.21 bits per heavy atom. The van der Waals surface area contributed by atoms with Crippen molar-refractivity contribution < 1.29 is 15.0 Å². The summed E-state index contributed by atoms with van der Waals surface area (Å²) in [5.74, 6) is -0.413. The fourth-order valence-corrected chi connectivity index (χ4v) is 2.58. The molecular formula is C12H15N3O3S. The second-order valence-electron chi connectivity index (χ2n) is 4.55. The molecule has 0 aliphatic heterocycles. The molecule has 0 saturated heterocycles. The van der Waals surface area contributed by atoms with Crippen LogP contribution in [-0.2, 0) is 0 Å². The first-order valence-electron chi connectivity index (χ1n) is 5.67. The van der Waals surface area contributed by atoms with Crippen molar-refractivity contribution in [3.05, 3.63) is 23.3 Å². The number of carbonyl (C=O) groups is 1. The predicted molar refractivity (Wildman–Crippen MR) is 74.1 cm³/mol. The van der Waals surface area contributed by atoms with E-state index in [0.717, 1.165) is 10.1 Å². The highest BCUT2D eigenvalue weighted by Crippen LogP contribution is 2.32. The molecule has 5 N–H and O–H groups in total. The van der Waals surface area contributed by atoms with Crippen molar-refractivity contribution in [1.29, 1.82) is 0 Å². The van der Waals surface area contributed by atoms with Crippen LogP contribution in [0.15, 0.2) is 18.5 Å². The quantitative estimate of drug-likeness (QED) is 0.646. The van der Waals surface area contributed by atoms with E-state index < -0.39 is 11.4 Å². The van der Waals surface area contributed by atoms with E-state index in [1.54, 1.807) is 25.4 Å². The first-order valence-corrected chi connectivity index (χ1v) is 6.48. The molecule has 0 aliphatic rings. The number of nitrogens with zero attached hydrogens (tertiary/aromatic N) is 1. The van der Waals surface area contributed by atoms with Gasteiger partial charge in [-0.2, -0.15) is 0 Å². The van der Waals surface area contributed by atoms with Gasteiger partial charge < -0.3 is 21.3 Å². The van der Waals surface area contributed by atoms with Gasteiger partial charge >= 0.3 is 0 Å². The zero-order valence-electron chi connectivity index (χ0n) is 10.4. The van der Waals surface area contributed by atoms with E-state index in [1.807, 2.05) is 0 Å². The summed E-state index contributed by atoms with van der Waals surface area (Å²) in [6, 6.07) is 1.75. The third-order valence-electron chi connectivity index (χ3n) is 2.85. The zero-order chi connectivity index (χ0) is 14.0. The van der Waals surface area contributed by atoms with Crippen molar-refractivity contribution in [3.8, 4) is 0 Å². The van der Waals surface area contributed by atoms with Gasteiger partial charge in [-0.1, -0.05) is 0 Å². The summed E-state index contributed by atoms with van der Waals surface area (Å²) in [7, 11) is 0. The van der Waals surface area contributed by atoms with E-state index in [-0.39, 0.29) is 13.2 Å². The number of carbonyl (C=O) groups excluding carboxylic acids is 1. The van der Waals surface area contributed by atoms with Gasteiger partial charge in [0.05, 0.1) is 29.1 Å². The van der Waals surface area contributed by atoms with Gasteiger partial charge in [0, 0.05) is 17.8 Å². The van der Waals surface area contributed by atoms with Crippen molar-refractivity contribution in [2.75, 3.05) is 18.9 Å². The molecule has 2 aromatic heterocycles. The molecule has 2 rings (SSSR count). The highest BCUT2D eigenvalue weighted by atomic mass is 32.1. The molecule has 7 heteroatoms. The van der Waals surface area contributed by atoms with Crippen LogP contribution >= 0.6 is 11.3 Å². The Hall–Kier alpha value is -1.70. The van der Waals surface area contributed by atoms with Crippen molar-refractivity contribution in [3.63, 3.8) is 0 Å². The Balaban J connectivity index is 2.34. The number of hydrogen-bond donors (Lipinski definition) is 4. The molecule has 0 bridgehead atoms. The maximum atomic E-state index is 12.1. The minimum atomic E-state index is -1.07. The number of fused-ring (bicyclic) bond motifs is 1. The average Bonchev–Trinajstić information content (AvgIpc) is 2.76. The number of aliphatic hydroxyl groups excluding tert-OH is 2. The summed E-state index contributed by atoms with van der Waals surface area (Å²) in [5, 5.41) is 21.7. The Bertz CT molecular complexity index is 607. The number of nitrogens with two attached hydrogens (primary N) is 1. The Morgan fingerprint density at radius 3 is 2.79 bits per heavy atom. The van der Waals surface area contributed by atoms with Gasteiger partial charge in [-0.15, -0.1) is 11.3 Å². The van der Waals surface area contributed by atoms with E-state index in [4.69, 9.17) is 5.73 Å². The lowest BCUT2D eigenvalue weighted by Crippen LogP contribution is -2.51. The lowest BCUT2D eigenvalue weighted by Gasteiger charge is -2.25. The second kappa shape index (κ2) is 5.12. The van der Waals surface area contributed by atoms with Gasteiger partial charge in [-0.05, 0) is 13.0 Å². The molecule has 0 unspecified atom stereocenters. The molecule has 1 amide bonds. The van der Waals surface area contributed by atoms with E-state index in [2.05, 4.69) is 10.3 Å². The Kier molecular flexibility index (Phi) is 3.70. The molecular weight excluding hydrogens is 266 g/mol. The van der Waals surface area contributed by atoms with E-state index in [0.29, 0.717) is 10.6 Å². The van der Waals surface area contributed by atoms with Crippen LogP contribution in [0.1, 0.15) is 16.6 Å². The van der Waals surface area contributed by atoms with E-state index in [1.165, 1.54) is 11.3 Å². The number of nitrogens with one attached hydrogen (secondary N) is 1. The predicted octanol–water partition coefficient (Wildman–Crippen LogP) is 0.352. The number of amides is 1. The number of hydrogen-bond acceptors (Lipinski definition) is 6. The largest absolute Gasteiger partial charge is 0.397 e. The minimum Gasteiger partial charge on any atom is -0.397 e. The SMILES string of the molecule is CC(CO)(CO)NC(=O)c1sc2cnccc2c1N. The highest BCUT2D eigenvalue weighted by molar-refractivity contribution is 7.21. The third-order valence-corrected chi connectivity index (χ3v) is 4.01. The van der Waals surface area contributed by atoms with Gasteiger partial charge in [-0.25, -0.2) is 0 Å². The van der Waals surface area contributed by atoms with Crippen LogP contribution < -0.4 is 11.1 Å². The topological polar surface area (TPSA) is 108 Å². The Morgan fingerprint density at radius 1 is 1.53 bits per heavy atom. The van der Waals surface area contributed by atoms with E-state index >= 15 is 0 Å². The Labute approximate surface area is 113 Å². The van der Waals surface area contributed by atoms with Gasteiger partial charge in [0.2, 0.25) is 0 Å². The number of anilines is 1. The van der Waals surface area contributed by atoms with Crippen LogP contribution in [0.2, 0.25) is 0 Å². The fourth-order valence-electron chi connectivity index (χ4n) is 1.60. The van der Waals surface area contributed by atoms with Crippen molar-refractivity contribution in [2.24, 2.45) is 0 Å². The molecule has 19 heavy (non-hydrogen) atoms. The number of aromatic nitrogens is 1. The number of nitrogen functional groups attached to an aromatic ring is 1. The fraction of sp³-hybridized carbons (Fsp3) is 0.333. The molecule has 0 aliphatic carbocycles. The van der Waals surface area contributed by atoms with Crippen molar-refractivity contribution in [2.45, 2.75) is 12.5 Å². The molecule has 2 aromatic rings. The molecule has 0 fully saturated rings. The third kappa shape index (κ3) is 2.53. The van der Waals surface area contributed by atoms with Crippen LogP contribution in [0.25, 0.3) is 10.1 Å². The summed E-state index contributed by atoms with van der Waals surface area (Å²) in [6.07, 6.45) is 3.25. The molecule has 102 valence electrons. The van der Waals surface area contributed by atoms with Gasteiger partial charge in [0.25, 0.3) is 5.91 Å². The van der Waals surface area contributed by atoms with Crippen molar-refractivity contribution >= 4 is 33.0 Å². The lowest BCUT2D eigenvalue weighted by atomic mass is 10.1. The number of rotatable bonds is 4. The second-order valence-corrected chi connectivity index (χ2v) is 5.60. The van der Waals surface area contributed by atoms with Crippen LogP contribution in [0.3, 0.4) is 0 Å². The summed E-state index contributed by atoms with van der Waals surface area (Å²) in [5.41, 5.74) is 5.25. The normalized spacial score (nSPS) is 11.7. The van der Waals surface area contributed by atoms with Crippen LogP contribution in [0, 0.1) is 0 Å². The van der Waals surface area contributed by atoms with E-state index in [9.17, 15) is 15.0 Å². The van der Waals surface area contributed by atoms with Crippen molar-refractivity contribution in [1.82, 2.24) is 10.3 Å². The highest BCUT2D eigenvalue weighted by Gasteiger charge is 2.27. The van der Waals surface area contributed by atoms with Gasteiger partial charge in [-0.3, -0.25) is 9.78 Å². The smallest absolute Gasteiger partial charge is 0.264 e. The summed E-state index contributed by atoms with van der Waals surface area (Å²) >= 11 is 1.23. The monoisotopic (exact) mass is 281 g/mol. The molecule has 2 heterocycles. The maximum Gasteiger partial charge on any atom is 0.264 e. The molecule has 0 atom stereocenters. The zero-order valence-corrected chi connectivity index (χ0v) is 11.2. The molecule has 0 spiro atoms. The molecule has 6 nitrogen and oxygen atoms in total. The van der Waals surface area contributed by atoms with Gasteiger partial charge in [0.1, 0.15) is 4.88 Å². The molecule has 0 radical (unpaired) electrons.